The van der Waals surface area contributed by atoms with Gasteiger partial charge in [0.15, 0.2) is 5.65 Å². The molecule has 1 unspecified atom stereocenters. The highest BCUT2D eigenvalue weighted by atomic mass is 16.5. The number of pyridine rings is 1. The van der Waals surface area contributed by atoms with Gasteiger partial charge in [0.2, 0.25) is 0 Å². The second kappa shape index (κ2) is 7.65. The van der Waals surface area contributed by atoms with Gasteiger partial charge < -0.3 is 14.9 Å². The summed E-state index contributed by atoms with van der Waals surface area (Å²) in [5.74, 6) is 0.414. The minimum atomic E-state index is -0.212. The molecule has 0 saturated carbocycles. The molecule has 1 atom stereocenters. The maximum Gasteiger partial charge on any atom is 0.164 e. The Hall–Kier alpha value is -3.48. The predicted molar refractivity (Wildman–Crippen MR) is 116 cm³/mol. The van der Waals surface area contributed by atoms with Gasteiger partial charge in [0.25, 0.3) is 0 Å². The van der Waals surface area contributed by atoms with Crippen molar-refractivity contribution in [2.45, 2.75) is 26.4 Å². The Balaban J connectivity index is 1.71. The standard InChI is InChI=1S/C22H24N8O/c1-14-19-21(24)25-13-26-22(19)30(27-14)15(2)20-16(11-23)17-5-3-4-6-29(17)18(20)12-28-7-9-31-10-8-28/h3-6,13,15H,7-10,12H2,1-2H3,(H2,24,25,26). The van der Waals surface area contributed by atoms with Gasteiger partial charge in [-0.3, -0.25) is 4.90 Å². The summed E-state index contributed by atoms with van der Waals surface area (Å²) in [5, 5.41) is 15.6. The molecule has 1 aliphatic heterocycles. The Bertz CT molecular complexity index is 1310. The van der Waals surface area contributed by atoms with Crippen LogP contribution in [0, 0.1) is 18.3 Å². The molecule has 5 heterocycles. The topological polar surface area (TPSA) is 110 Å². The largest absolute Gasteiger partial charge is 0.383 e. The lowest BCUT2D eigenvalue weighted by molar-refractivity contribution is 0.0334. The Morgan fingerprint density at radius 3 is 2.84 bits per heavy atom. The van der Waals surface area contributed by atoms with E-state index in [9.17, 15) is 5.26 Å². The van der Waals surface area contributed by atoms with E-state index in [1.807, 2.05) is 36.0 Å². The smallest absolute Gasteiger partial charge is 0.164 e. The molecule has 4 aromatic heterocycles. The molecule has 0 bridgehead atoms. The number of morpholine rings is 1. The van der Waals surface area contributed by atoms with E-state index in [-0.39, 0.29) is 6.04 Å². The normalized spacial score (nSPS) is 16.0. The van der Waals surface area contributed by atoms with Crippen LogP contribution in [-0.4, -0.2) is 55.4 Å². The molecule has 2 N–H and O–H groups in total. The molecular formula is C22H24N8O. The van der Waals surface area contributed by atoms with Crippen LogP contribution in [0.5, 0.6) is 0 Å². The molecule has 31 heavy (non-hydrogen) atoms. The molecular weight excluding hydrogens is 392 g/mol. The van der Waals surface area contributed by atoms with Gasteiger partial charge in [-0.05, 0) is 26.0 Å². The zero-order chi connectivity index (χ0) is 21.5. The minimum Gasteiger partial charge on any atom is -0.383 e. The first-order chi connectivity index (χ1) is 15.1. The Morgan fingerprint density at radius 2 is 2.06 bits per heavy atom. The van der Waals surface area contributed by atoms with Crippen molar-refractivity contribution in [2.24, 2.45) is 0 Å². The summed E-state index contributed by atoms with van der Waals surface area (Å²) < 4.78 is 9.51. The quantitative estimate of drug-likeness (QED) is 0.543. The van der Waals surface area contributed by atoms with Crippen molar-refractivity contribution in [3.63, 3.8) is 0 Å². The van der Waals surface area contributed by atoms with Crippen molar-refractivity contribution in [1.82, 2.24) is 29.0 Å². The molecule has 5 rings (SSSR count). The highest BCUT2D eigenvalue weighted by molar-refractivity contribution is 5.88. The average molecular weight is 416 g/mol. The fraction of sp³-hybridized carbons (Fsp3) is 0.364. The molecule has 0 amide bonds. The number of ether oxygens (including phenoxy) is 1. The number of nitrogen functional groups attached to an aromatic ring is 1. The summed E-state index contributed by atoms with van der Waals surface area (Å²) in [6.07, 6.45) is 3.48. The number of nitrogens with zero attached hydrogens (tertiary/aromatic N) is 7. The van der Waals surface area contributed by atoms with Crippen LogP contribution in [-0.2, 0) is 11.3 Å². The van der Waals surface area contributed by atoms with Gasteiger partial charge in [0, 0.05) is 37.1 Å². The van der Waals surface area contributed by atoms with Crippen molar-refractivity contribution < 1.29 is 4.74 Å². The van der Waals surface area contributed by atoms with Gasteiger partial charge >= 0.3 is 0 Å². The van der Waals surface area contributed by atoms with Crippen molar-refractivity contribution >= 4 is 22.4 Å². The summed E-state index contributed by atoms with van der Waals surface area (Å²) >= 11 is 0. The summed E-state index contributed by atoms with van der Waals surface area (Å²) in [4.78, 5) is 10.9. The SMILES string of the molecule is Cc1nn(C(C)c2c(C#N)c3ccccn3c2CN2CCOCC2)c2ncnc(N)c12. The molecule has 1 saturated heterocycles. The average Bonchev–Trinajstić information content (AvgIpc) is 3.30. The lowest BCUT2D eigenvalue weighted by Gasteiger charge is -2.27. The lowest BCUT2D eigenvalue weighted by Crippen LogP contribution is -2.36. The van der Waals surface area contributed by atoms with E-state index in [1.54, 1.807) is 0 Å². The van der Waals surface area contributed by atoms with E-state index in [0.29, 0.717) is 17.0 Å². The van der Waals surface area contributed by atoms with Crippen LogP contribution >= 0.6 is 0 Å². The maximum absolute atomic E-state index is 10.1. The number of nitriles is 1. The van der Waals surface area contributed by atoms with Crippen molar-refractivity contribution in [3.8, 4) is 6.07 Å². The van der Waals surface area contributed by atoms with E-state index in [1.165, 1.54) is 6.33 Å². The molecule has 4 aromatic rings. The fourth-order valence-electron chi connectivity index (χ4n) is 4.56. The van der Waals surface area contributed by atoms with Crippen LogP contribution in [0.1, 0.15) is 35.5 Å². The van der Waals surface area contributed by atoms with Crippen LogP contribution in [0.4, 0.5) is 5.82 Å². The van der Waals surface area contributed by atoms with Gasteiger partial charge in [-0.1, -0.05) is 6.07 Å². The third-order valence-electron chi connectivity index (χ3n) is 6.05. The predicted octanol–water partition coefficient (Wildman–Crippen LogP) is 2.28. The number of fused-ring (bicyclic) bond motifs is 2. The third kappa shape index (κ3) is 3.12. The highest BCUT2D eigenvalue weighted by Gasteiger charge is 2.28. The van der Waals surface area contributed by atoms with Crippen LogP contribution in [0.3, 0.4) is 0 Å². The van der Waals surface area contributed by atoms with Crippen molar-refractivity contribution in [1.29, 1.82) is 5.26 Å². The number of hydrogen-bond acceptors (Lipinski definition) is 7. The van der Waals surface area contributed by atoms with Gasteiger partial charge in [-0.2, -0.15) is 10.4 Å². The van der Waals surface area contributed by atoms with Crippen LogP contribution < -0.4 is 5.73 Å². The van der Waals surface area contributed by atoms with Crippen LogP contribution in [0.15, 0.2) is 30.7 Å². The summed E-state index contributed by atoms with van der Waals surface area (Å²) in [6.45, 7) is 7.86. The first-order valence-corrected chi connectivity index (χ1v) is 10.4. The van der Waals surface area contributed by atoms with E-state index < -0.39 is 0 Å². The zero-order valence-corrected chi connectivity index (χ0v) is 17.6. The zero-order valence-electron chi connectivity index (χ0n) is 17.6. The van der Waals surface area contributed by atoms with Crippen LogP contribution in [0.2, 0.25) is 0 Å². The molecule has 158 valence electrons. The molecule has 0 aliphatic carbocycles. The highest BCUT2D eigenvalue weighted by Crippen LogP contribution is 2.34. The summed E-state index contributed by atoms with van der Waals surface area (Å²) in [6, 6.07) is 8.18. The number of aryl methyl sites for hydroxylation is 1. The van der Waals surface area contributed by atoms with Gasteiger partial charge in [-0.25, -0.2) is 14.6 Å². The molecule has 0 radical (unpaired) electrons. The number of rotatable bonds is 4. The van der Waals surface area contributed by atoms with E-state index in [4.69, 9.17) is 15.6 Å². The van der Waals surface area contributed by atoms with E-state index >= 15 is 0 Å². The molecule has 9 nitrogen and oxygen atoms in total. The Morgan fingerprint density at radius 1 is 1.26 bits per heavy atom. The molecule has 1 aliphatic rings. The second-order valence-corrected chi connectivity index (χ2v) is 7.86. The Kier molecular flexibility index (Phi) is 4.81. The molecule has 9 heteroatoms. The summed E-state index contributed by atoms with van der Waals surface area (Å²) in [5.41, 5.74) is 11.2. The van der Waals surface area contributed by atoms with Gasteiger partial charge in [-0.15, -0.1) is 0 Å². The van der Waals surface area contributed by atoms with E-state index in [0.717, 1.165) is 60.7 Å². The van der Waals surface area contributed by atoms with Crippen LogP contribution in [0.25, 0.3) is 16.6 Å². The van der Waals surface area contributed by atoms with Crippen molar-refractivity contribution in [2.75, 3.05) is 32.0 Å². The molecule has 0 aromatic carbocycles. The summed E-state index contributed by atoms with van der Waals surface area (Å²) in [7, 11) is 0. The second-order valence-electron chi connectivity index (χ2n) is 7.86. The first-order valence-electron chi connectivity index (χ1n) is 10.4. The Labute approximate surface area is 179 Å². The number of hydrogen-bond donors (Lipinski definition) is 1. The number of nitrogens with two attached hydrogens (primary N) is 1. The number of aromatic nitrogens is 5. The first kappa shape index (κ1) is 19.5. The third-order valence-corrected chi connectivity index (χ3v) is 6.05. The monoisotopic (exact) mass is 416 g/mol. The van der Waals surface area contributed by atoms with Gasteiger partial charge in [0.1, 0.15) is 18.2 Å². The number of anilines is 1. The minimum absolute atomic E-state index is 0.212. The van der Waals surface area contributed by atoms with E-state index in [2.05, 4.69) is 32.3 Å². The molecule has 0 spiro atoms. The molecule has 1 fully saturated rings. The maximum atomic E-state index is 10.1. The lowest BCUT2D eigenvalue weighted by atomic mass is 10.0. The fourth-order valence-corrected chi connectivity index (χ4v) is 4.56. The van der Waals surface area contributed by atoms with Gasteiger partial charge in [0.05, 0.1) is 41.4 Å². The van der Waals surface area contributed by atoms with Crippen molar-refractivity contribution in [3.05, 3.63) is 53.2 Å².